The van der Waals surface area contributed by atoms with Crippen molar-refractivity contribution < 1.29 is 18.7 Å². The molecule has 3 aromatic carbocycles. The number of carbonyl (C=O) groups excluding carboxylic acids is 2. The number of halogens is 1. The molecular formula is C24H17FN2O3. The molecule has 0 aliphatic heterocycles. The fourth-order valence-electron chi connectivity index (χ4n) is 3.06. The molecule has 0 aliphatic rings. The van der Waals surface area contributed by atoms with E-state index in [4.69, 9.17) is 4.74 Å². The maximum absolute atomic E-state index is 13.7. The van der Waals surface area contributed by atoms with Gasteiger partial charge < -0.3 is 10.1 Å². The van der Waals surface area contributed by atoms with E-state index < -0.39 is 24.3 Å². The summed E-state index contributed by atoms with van der Waals surface area (Å²) < 4.78 is 18.9. The lowest BCUT2D eigenvalue weighted by molar-refractivity contribution is -0.119. The zero-order valence-electron chi connectivity index (χ0n) is 15.8. The van der Waals surface area contributed by atoms with Gasteiger partial charge >= 0.3 is 5.97 Å². The SMILES string of the molecule is O=C(COC(=O)c1cc(-c2ccccc2)nc2ccccc12)Nc1ccccc1F. The number of esters is 1. The second-order valence-corrected chi connectivity index (χ2v) is 6.54. The zero-order chi connectivity index (χ0) is 20.9. The number of fused-ring (bicyclic) bond motifs is 1. The maximum atomic E-state index is 13.7. The molecule has 4 aromatic rings. The summed E-state index contributed by atoms with van der Waals surface area (Å²) in [4.78, 5) is 29.5. The summed E-state index contributed by atoms with van der Waals surface area (Å²) in [5.74, 6) is -1.85. The second kappa shape index (κ2) is 8.53. The summed E-state index contributed by atoms with van der Waals surface area (Å²) in [6, 6.07) is 24.1. The minimum absolute atomic E-state index is 0.0271. The van der Waals surface area contributed by atoms with Crippen LogP contribution in [0.1, 0.15) is 10.4 Å². The molecule has 148 valence electrons. The lowest BCUT2D eigenvalue weighted by Gasteiger charge is -2.10. The molecule has 0 fully saturated rings. The molecule has 1 aromatic heterocycles. The highest BCUT2D eigenvalue weighted by molar-refractivity contribution is 6.05. The van der Waals surface area contributed by atoms with Crippen LogP contribution in [0.25, 0.3) is 22.2 Å². The van der Waals surface area contributed by atoms with Crippen molar-refractivity contribution in [1.82, 2.24) is 4.98 Å². The first-order valence-electron chi connectivity index (χ1n) is 9.28. The molecule has 30 heavy (non-hydrogen) atoms. The number of rotatable bonds is 5. The molecule has 1 N–H and O–H groups in total. The summed E-state index contributed by atoms with van der Waals surface area (Å²) in [5, 5.41) is 3.01. The van der Waals surface area contributed by atoms with Crippen molar-refractivity contribution in [1.29, 1.82) is 0 Å². The van der Waals surface area contributed by atoms with E-state index in [0.717, 1.165) is 5.56 Å². The smallest absolute Gasteiger partial charge is 0.339 e. The third-order valence-electron chi connectivity index (χ3n) is 4.49. The lowest BCUT2D eigenvalue weighted by Crippen LogP contribution is -2.21. The van der Waals surface area contributed by atoms with Crippen LogP contribution in [0.15, 0.2) is 84.9 Å². The fourth-order valence-corrected chi connectivity index (χ4v) is 3.06. The van der Waals surface area contributed by atoms with Crippen molar-refractivity contribution in [3.63, 3.8) is 0 Å². The van der Waals surface area contributed by atoms with E-state index in [1.54, 1.807) is 24.3 Å². The number of benzene rings is 3. The molecule has 0 saturated carbocycles. The van der Waals surface area contributed by atoms with E-state index in [9.17, 15) is 14.0 Å². The maximum Gasteiger partial charge on any atom is 0.339 e. The molecule has 0 unspecified atom stereocenters. The van der Waals surface area contributed by atoms with Crippen LogP contribution in [0.3, 0.4) is 0 Å². The molecule has 0 radical (unpaired) electrons. The van der Waals surface area contributed by atoms with Gasteiger partial charge in [0.2, 0.25) is 0 Å². The minimum Gasteiger partial charge on any atom is -0.452 e. The van der Waals surface area contributed by atoms with E-state index in [1.165, 1.54) is 18.2 Å². The van der Waals surface area contributed by atoms with Crippen molar-refractivity contribution in [2.75, 3.05) is 11.9 Å². The Morgan fingerprint density at radius 3 is 2.40 bits per heavy atom. The van der Waals surface area contributed by atoms with Crippen molar-refractivity contribution in [2.24, 2.45) is 0 Å². The molecule has 1 amide bonds. The van der Waals surface area contributed by atoms with Gasteiger partial charge in [0.05, 0.1) is 22.5 Å². The summed E-state index contributed by atoms with van der Waals surface area (Å²) >= 11 is 0. The van der Waals surface area contributed by atoms with Crippen molar-refractivity contribution >= 4 is 28.5 Å². The van der Waals surface area contributed by atoms with Gasteiger partial charge in [-0.05, 0) is 24.3 Å². The van der Waals surface area contributed by atoms with E-state index in [-0.39, 0.29) is 5.69 Å². The van der Waals surface area contributed by atoms with E-state index in [0.29, 0.717) is 22.2 Å². The van der Waals surface area contributed by atoms with Gasteiger partial charge in [0.15, 0.2) is 6.61 Å². The Balaban J connectivity index is 1.57. The summed E-state index contributed by atoms with van der Waals surface area (Å²) in [6.45, 7) is -0.537. The van der Waals surface area contributed by atoms with Crippen LogP contribution in [0, 0.1) is 5.82 Å². The number of nitrogens with zero attached hydrogens (tertiary/aromatic N) is 1. The molecule has 4 rings (SSSR count). The number of hydrogen-bond donors (Lipinski definition) is 1. The number of anilines is 1. The third kappa shape index (κ3) is 4.17. The number of pyridine rings is 1. The predicted molar refractivity (Wildman–Crippen MR) is 112 cm³/mol. The number of hydrogen-bond acceptors (Lipinski definition) is 4. The zero-order valence-corrected chi connectivity index (χ0v) is 15.8. The Bertz CT molecular complexity index is 1230. The van der Waals surface area contributed by atoms with Gasteiger partial charge in [-0.2, -0.15) is 0 Å². The van der Waals surface area contributed by atoms with Gasteiger partial charge in [0, 0.05) is 10.9 Å². The van der Waals surface area contributed by atoms with Crippen LogP contribution in [0.4, 0.5) is 10.1 Å². The molecular weight excluding hydrogens is 383 g/mol. The van der Waals surface area contributed by atoms with Crippen molar-refractivity contribution in [3.05, 3.63) is 96.3 Å². The van der Waals surface area contributed by atoms with Gasteiger partial charge in [0.25, 0.3) is 5.91 Å². The molecule has 5 nitrogen and oxygen atoms in total. The topological polar surface area (TPSA) is 68.3 Å². The first-order valence-corrected chi connectivity index (χ1v) is 9.28. The van der Waals surface area contributed by atoms with E-state index in [1.807, 2.05) is 42.5 Å². The number of amides is 1. The van der Waals surface area contributed by atoms with Crippen LogP contribution < -0.4 is 5.32 Å². The van der Waals surface area contributed by atoms with Gasteiger partial charge in [-0.25, -0.2) is 14.2 Å². The Labute approximate surface area is 172 Å². The summed E-state index contributed by atoms with van der Waals surface area (Å²) in [7, 11) is 0. The summed E-state index contributed by atoms with van der Waals surface area (Å²) in [5.41, 5.74) is 2.45. The molecule has 0 aliphatic carbocycles. The average molecular weight is 400 g/mol. The van der Waals surface area contributed by atoms with Gasteiger partial charge in [0.1, 0.15) is 5.82 Å². The fraction of sp³-hybridized carbons (Fsp3) is 0.0417. The molecule has 0 bridgehead atoms. The molecule has 6 heteroatoms. The predicted octanol–water partition coefficient (Wildman–Crippen LogP) is 4.84. The van der Waals surface area contributed by atoms with E-state index in [2.05, 4.69) is 10.3 Å². The number of para-hydroxylation sites is 2. The molecule has 1 heterocycles. The second-order valence-electron chi connectivity index (χ2n) is 6.54. The van der Waals surface area contributed by atoms with Gasteiger partial charge in [-0.3, -0.25) is 4.79 Å². The van der Waals surface area contributed by atoms with Crippen LogP contribution in [-0.2, 0) is 9.53 Å². The first kappa shape index (κ1) is 19.3. The Morgan fingerprint density at radius 2 is 1.60 bits per heavy atom. The average Bonchev–Trinajstić information content (AvgIpc) is 2.79. The monoisotopic (exact) mass is 400 g/mol. The molecule has 0 atom stereocenters. The number of ether oxygens (including phenoxy) is 1. The largest absolute Gasteiger partial charge is 0.452 e. The standard InChI is InChI=1S/C24H17FN2O3/c25-19-11-5-7-13-21(19)27-23(28)15-30-24(29)18-14-22(16-8-2-1-3-9-16)26-20-12-6-4-10-17(18)20/h1-14H,15H2,(H,27,28). The van der Waals surface area contributed by atoms with E-state index >= 15 is 0 Å². The van der Waals surface area contributed by atoms with Crippen LogP contribution in [0.2, 0.25) is 0 Å². The quantitative estimate of drug-likeness (QED) is 0.487. The Kier molecular flexibility index (Phi) is 5.48. The van der Waals surface area contributed by atoms with Crippen molar-refractivity contribution in [3.8, 4) is 11.3 Å². The third-order valence-corrected chi connectivity index (χ3v) is 4.49. The number of nitrogens with one attached hydrogen (secondary N) is 1. The highest BCUT2D eigenvalue weighted by atomic mass is 19.1. The first-order chi connectivity index (χ1) is 14.6. The summed E-state index contributed by atoms with van der Waals surface area (Å²) in [6.07, 6.45) is 0. The molecule has 0 saturated heterocycles. The Hall–Kier alpha value is -4.06. The lowest BCUT2D eigenvalue weighted by atomic mass is 10.0. The number of aromatic nitrogens is 1. The number of carbonyl (C=O) groups is 2. The van der Waals surface area contributed by atoms with Gasteiger partial charge in [-0.1, -0.05) is 60.7 Å². The Morgan fingerprint density at radius 1 is 0.900 bits per heavy atom. The highest BCUT2D eigenvalue weighted by Gasteiger charge is 2.17. The van der Waals surface area contributed by atoms with Crippen LogP contribution in [-0.4, -0.2) is 23.5 Å². The van der Waals surface area contributed by atoms with Crippen LogP contribution in [0.5, 0.6) is 0 Å². The minimum atomic E-state index is -0.658. The van der Waals surface area contributed by atoms with Gasteiger partial charge in [-0.15, -0.1) is 0 Å². The van der Waals surface area contributed by atoms with Crippen molar-refractivity contribution in [2.45, 2.75) is 0 Å². The van der Waals surface area contributed by atoms with Crippen LogP contribution >= 0.6 is 0 Å². The normalized spacial score (nSPS) is 10.6. The highest BCUT2D eigenvalue weighted by Crippen LogP contribution is 2.25. The molecule has 0 spiro atoms.